The first-order valence-electron chi connectivity index (χ1n) is 6.83. The summed E-state index contributed by atoms with van der Waals surface area (Å²) in [6.45, 7) is 9.11. The molecule has 0 saturated carbocycles. The molecule has 0 bridgehead atoms. The van der Waals surface area contributed by atoms with Crippen molar-refractivity contribution in [3.63, 3.8) is 0 Å². The minimum absolute atomic E-state index is 0.0285. The predicted molar refractivity (Wildman–Crippen MR) is 73.8 cm³/mol. The molecule has 1 fully saturated rings. The van der Waals surface area contributed by atoms with Gasteiger partial charge in [0.05, 0.1) is 11.5 Å². The zero-order valence-electron chi connectivity index (χ0n) is 11.8. The largest absolute Gasteiger partial charge is 0.481 e. The number of likely N-dealkylation sites (tertiary alicyclic amines) is 1. The number of carboxylic acid groups (broad SMARTS) is 1. The molecule has 0 radical (unpaired) electrons. The third-order valence-corrected chi connectivity index (χ3v) is 4.23. The maximum absolute atomic E-state index is 11.8. The zero-order valence-corrected chi connectivity index (χ0v) is 11.8. The first kappa shape index (κ1) is 15.7. The lowest BCUT2D eigenvalue weighted by Crippen LogP contribution is -2.51. The van der Waals surface area contributed by atoms with Crippen molar-refractivity contribution in [1.82, 2.24) is 10.2 Å². The monoisotopic (exact) mass is 268 g/mol. The molecule has 108 valence electrons. The van der Waals surface area contributed by atoms with Gasteiger partial charge in [-0.3, -0.25) is 14.5 Å². The molecule has 1 saturated heterocycles. The third kappa shape index (κ3) is 3.56. The van der Waals surface area contributed by atoms with Crippen LogP contribution in [0.1, 0.15) is 33.1 Å². The van der Waals surface area contributed by atoms with Gasteiger partial charge in [-0.1, -0.05) is 13.0 Å². The fraction of sp³-hybridized carbons (Fsp3) is 0.714. The highest BCUT2D eigenvalue weighted by Gasteiger charge is 2.41. The van der Waals surface area contributed by atoms with Gasteiger partial charge in [0.2, 0.25) is 5.91 Å². The van der Waals surface area contributed by atoms with Crippen LogP contribution in [-0.4, -0.2) is 47.6 Å². The quantitative estimate of drug-likeness (QED) is 0.711. The second-order valence-electron chi connectivity index (χ2n) is 5.18. The molecule has 0 aromatic rings. The fourth-order valence-electron chi connectivity index (χ4n) is 2.54. The van der Waals surface area contributed by atoms with Gasteiger partial charge in [-0.15, -0.1) is 6.58 Å². The van der Waals surface area contributed by atoms with E-state index in [1.54, 1.807) is 6.08 Å². The minimum Gasteiger partial charge on any atom is -0.481 e. The number of nitrogens with one attached hydrogen (secondary N) is 1. The number of piperidine rings is 1. The Morgan fingerprint density at radius 1 is 1.47 bits per heavy atom. The van der Waals surface area contributed by atoms with E-state index in [2.05, 4.69) is 16.8 Å². The van der Waals surface area contributed by atoms with E-state index >= 15 is 0 Å². The summed E-state index contributed by atoms with van der Waals surface area (Å²) < 4.78 is 0. The molecule has 5 nitrogen and oxygen atoms in total. The molecule has 2 N–H and O–H groups in total. The van der Waals surface area contributed by atoms with Crippen molar-refractivity contribution in [2.45, 2.75) is 39.2 Å². The Labute approximate surface area is 114 Å². The lowest BCUT2D eigenvalue weighted by Gasteiger charge is -2.40. The van der Waals surface area contributed by atoms with Crippen molar-refractivity contribution in [1.29, 1.82) is 0 Å². The number of hydrogen-bond donors (Lipinski definition) is 2. The Morgan fingerprint density at radius 3 is 2.47 bits per heavy atom. The summed E-state index contributed by atoms with van der Waals surface area (Å²) in [6.07, 6.45) is 3.51. The van der Waals surface area contributed by atoms with Crippen molar-refractivity contribution in [2.24, 2.45) is 5.41 Å². The Balaban J connectivity index is 2.55. The number of carbonyl (C=O) groups is 2. The van der Waals surface area contributed by atoms with Gasteiger partial charge in [-0.2, -0.15) is 0 Å². The van der Waals surface area contributed by atoms with Crippen LogP contribution in [0, 0.1) is 5.41 Å². The van der Waals surface area contributed by atoms with E-state index in [1.807, 2.05) is 13.8 Å². The van der Waals surface area contributed by atoms with Crippen LogP contribution in [-0.2, 0) is 9.59 Å². The number of amides is 1. The molecule has 1 aliphatic heterocycles. The summed E-state index contributed by atoms with van der Waals surface area (Å²) in [7, 11) is 0. The van der Waals surface area contributed by atoms with E-state index < -0.39 is 11.4 Å². The Hall–Kier alpha value is -1.36. The van der Waals surface area contributed by atoms with Gasteiger partial charge in [0.1, 0.15) is 0 Å². The lowest BCUT2D eigenvalue weighted by molar-refractivity contribution is -0.152. The fourth-order valence-corrected chi connectivity index (χ4v) is 2.54. The van der Waals surface area contributed by atoms with Gasteiger partial charge in [-0.25, -0.2) is 0 Å². The van der Waals surface area contributed by atoms with Crippen molar-refractivity contribution in [3.05, 3.63) is 12.7 Å². The first-order chi connectivity index (χ1) is 8.96. The highest BCUT2D eigenvalue weighted by atomic mass is 16.4. The molecule has 0 aromatic heterocycles. The van der Waals surface area contributed by atoms with Gasteiger partial charge >= 0.3 is 5.97 Å². The smallest absolute Gasteiger partial charge is 0.309 e. The van der Waals surface area contributed by atoms with Gasteiger partial charge in [0, 0.05) is 19.6 Å². The van der Waals surface area contributed by atoms with E-state index in [1.165, 1.54) is 0 Å². The molecule has 1 aliphatic rings. The molecule has 1 rings (SSSR count). The third-order valence-electron chi connectivity index (χ3n) is 4.23. The van der Waals surface area contributed by atoms with Crippen LogP contribution in [0.25, 0.3) is 0 Å². The highest BCUT2D eigenvalue weighted by molar-refractivity contribution is 5.81. The lowest BCUT2D eigenvalue weighted by atomic mass is 9.76. The average molecular weight is 268 g/mol. The van der Waals surface area contributed by atoms with E-state index in [0.29, 0.717) is 38.9 Å². The van der Waals surface area contributed by atoms with Crippen molar-refractivity contribution in [2.75, 3.05) is 19.6 Å². The summed E-state index contributed by atoms with van der Waals surface area (Å²) in [5, 5.41) is 12.1. The summed E-state index contributed by atoms with van der Waals surface area (Å²) in [5.41, 5.74) is -0.603. The zero-order chi connectivity index (χ0) is 14.5. The van der Waals surface area contributed by atoms with Gasteiger partial charge in [0.15, 0.2) is 0 Å². The summed E-state index contributed by atoms with van der Waals surface area (Å²) in [4.78, 5) is 25.3. The molecule has 0 aromatic carbocycles. The van der Waals surface area contributed by atoms with Crippen molar-refractivity contribution < 1.29 is 14.7 Å². The summed E-state index contributed by atoms with van der Waals surface area (Å²) in [6, 6.07) is -0.219. The molecule has 0 spiro atoms. The maximum atomic E-state index is 11.8. The van der Waals surface area contributed by atoms with Gasteiger partial charge < -0.3 is 10.4 Å². The molecular formula is C14H24N2O3. The Morgan fingerprint density at radius 2 is 2.05 bits per heavy atom. The van der Waals surface area contributed by atoms with E-state index in [-0.39, 0.29) is 11.9 Å². The van der Waals surface area contributed by atoms with Crippen LogP contribution in [0.15, 0.2) is 12.7 Å². The van der Waals surface area contributed by atoms with E-state index in [9.17, 15) is 14.7 Å². The van der Waals surface area contributed by atoms with E-state index in [4.69, 9.17) is 0 Å². The van der Waals surface area contributed by atoms with Crippen LogP contribution in [0.3, 0.4) is 0 Å². The molecule has 5 heteroatoms. The second kappa shape index (κ2) is 6.70. The van der Waals surface area contributed by atoms with Crippen LogP contribution in [0.5, 0.6) is 0 Å². The number of carboxylic acids is 1. The number of rotatable bonds is 6. The van der Waals surface area contributed by atoms with Crippen molar-refractivity contribution in [3.8, 4) is 0 Å². The van der Waals surface area contributed by atoms with Gasteiger partial charge in [0.25, 0.3) is 0 Å². The SMILES string of the molecule is C=CCNC(=O)C(C)N1CCC(CC)(C(=O)O)CC1. The molecule has 1 atom stereocenters. The predicted octanol–water partition coefficient (Wildman–Crippen LogP) is 1.25. The van der Waals surface area contributed by atoms with Crippen LogP contribution < -0.4 is 5.32 Å². The number of aliphatic carboxylic acids is 1. The van der Waals surface area contributed by atoms with E-state index in [0.717, 1.165) is 0 Å². The summed E-state index contributed by atoms with van der Waals surface area (Å²) in [5.74, 6) is -0.738. The molecule has 1 unspecified atom stereocenters. The maximum Gasteiger partial charge on any atom is 0.309 e. The Bertz CT molecular complexity index is 347. The average Bonchev–Trinajstić information content (AvgIpc) is 2.43. The standard InChI is InChI=1S/C14H24N2O3/c1-4-8-15-12(17)11(3)16-9-6-14(5-2,7-10-16)13(18)19/h4,11H,1,5-10H2,2-3H3,(H,15,17)(H,18,19). The van der Waals surface area contributed by atoms with Gasteiger partial charge in [-0.05, 0) is 26.2 Å². The molecule has 1 amide bonds. The number of hydrogen-bond acceptors (Lipinski definition) is 3. The number of carbonyl (C=O) groups excluding carboxylic acids is 1. The molecule has 19 heavy (non-hydrogen) atoms. The normalized spacial score (nSPS) is 20.5. The van der Waals surface area contributed by atoms with Crippen LogP contribution in [0.4, 0.5) is 0 Å². The van der Waals surface area contributed by atoms with Crippen LogP contribution >= 0.6 is 0 Å². The first-order valence-corrected chi connectivity index (χ1v) is 6.83. The molecular weight excluding hydrogens is 244 g/mol. The molecule has 1 heterocycles. The van der Waals surface area contributed by atoms with Crippen LogP contribution in [0.2, 0.25) is 0 Å². The highest BCUT2D eigenvalue weighted by Crippen LogP contribution is 2.35. The number of nitrogens with zero attached hydrogens (tertiary/aromatic N) is 1. The van der Waals surface area contributed by atoms with Crippen molar-refractivity contribution >= 4 is 11.9 Å². The summed E-state index contributed by atoms with van der Waals surface area (Å²) >= 11 is 0. The topological polar surface area (TPSA) is 69.6 Å². The molecule has 0 aliphatic carbocycles. The minimum atomic E-state index is -0.710. The Kier molecular flexibility index (Phi) is 5.54. The second-order valence-corrected chi connectivity index (χ2v) is 5.18.